The number of carbonyl (C=O) groups is 2. The van der Waals surface area contributed by atoms with Crippen LogP contribution >= 0.6 is 0 Å². The first-order chi connectivity index (χ1) is 13.8. The summed E-state index contributed by atoms with van der Waals surface area (Å²) < 4.78 is 16.3. The molecule has 1 saturated heterocycles. The second-order valence-corrected chi connectivity index (χ2v) is 8.08. The van der Waals surface area contributed by atoms with E-state index in [-0.39, 0.29) is 18.6 Å². The van der Waals surface area contributed by atoms with Gasteiger partial charge in [-0.25, -0.2) is 9.69 Å². The molecule has 2 fully saturated rings. The third kappa shape index (κ3) is 3.99. The highest BCUT2D eigenvalue weighted by Gasteiger charge is 2.52. The highest BCUT2D eigenvalue weighted by molar-refractivity contribution is 6.07. The van der Waals surface area contributed by atoms with Gasteiger partial charge in [0.15, 0.2) is 11.5 Å². The summed E-state index contributed by atoms with van der Waals surface area (Å²) in [6.45, 7) is 2.88. The normalized spacial score (nSPS) is 24.2. The third-order valence-corrected chi connectivity index (χ3v) is 5.98. The lowest BCUT2D eigenvalue weighted by atomic mass is 9.77. The highest BCUT2D eigenvalue weighted by atomic mass is 16.5. The number of hydrogen-bond acceptors (Lipinski definition) is 6. The summed E-state index contributed by atoms with van der Waals surface area (Å²) in [6.07, 6.45) is 3.34. The minimum absolute atomic E-state index is 0.111. The molecule has 0 radical (unpaired) electrons. The molecule has 8 nitrogen and oxygen atoms in total. The van der Waals surface area contributed by atoms with Crippen molar-refractivity contribution in [1.82, 2.24) is 15.1 Å². The lowest BCUT2D eigenvalue weighted by Crippen LogP contribution is -2.49. The molecule has 1 aromatic rings. The van der Waals surface area contributed by atoms with Crippen molar-refractivity contribution in [1.29, 1.82) is 0 Å². The molecule has 1 aliphatic heterocycles. The van der Waals surface area contributed by atoms with Crippen molar-refractivity contribution in [3.8, 4) is 17.2 Å². The molecular weight excluding hydrogens is 374 g/mol. The Morgan fingerprint density at radius 1 is 1.10 bits per heavy atom. The Morgan fingerprint density at radius 3 is 2.34 bits per heavy atom. The Hall–Kier alpha value is -2.48. The van der Waals surface area contributed by atoms with E-state index in [9.17, 15) is 9.59 Å². The Morgan fingerprint density at radius 2 is 1.76 bits per heavy atom. The zero-order chi connectivity index (χ0) is 21.2. The molecule has 3 rings (SSSR count). The van der Waals surface area contributed by atoms with Crippen molar-refractivity contribution >= 4 is 11.9 Å². The van der Waals surface area contributed by atoms with Gasteiger partial charge in [-0.15, -0.1) is 0 Å². The van der Waals surface area contributed by atoms with Crippen LogP contribution in [0.4, 0.5) is 4.79 Å². The van der Waals surface area contributed by atoms with Gasteiger partial charge in [0.25, 0.3) is 5.91 Å². The topological polar surface area (TPSA) is 80.3 Å². The molecule has 1 aromatic carbocycles. The predicted octanol–water partition coefficient (Wildman–Crippen LogP) is 2.60. The van der Waals surface area contributed by atoms with Crippen molar-refractivity contribution in [3.63, 3.8) is 0 Å². The van der Waals surface area contributed by atoms with Crippen LogP contribution in [0.5, 0.6) is 17.2 Å². The van der Waals surface area contributed by atoms with Crippen molar-refractivity contribution in [2.45, 2.75) is 44.7 Å². The molecule has 0 aromatic heterocycles. The number of carbonyl (C=O) groups excluding carboxylic acids is 2. The van der Waals surface area contributed by atoms with Crippen LogP contribution in [-0.2, 0) is 11.3 Å². The van der Waals surface area contributed by atoms with Crippen LogP contribution in [0, 0.1) is 5.92 Å². The van der Waals surface area contributed by atoms with E-state index in [1.54, 1.807) is 21.3 Å². The Kier molecular flexibility index (Phi) is 6.21. The van der Waals surface area contributed by atoms with Crippen molar-refractivity contribution in [2.24, 2.45) is 5.92 Å². The van der Waals surface area contributed by atoms with Crippen molar-refractivity contribution < 1.29 is 23.8 Å². The summed E-state index contributed by atoms with van der Waals surface area (Å²) in [5.41, 5.74) is 0.159. The van der Waals surface area contributed by atoms with E-state index in [4.69, 9.17) is 14.2 Å². The molecule has 160 valence electrons. The summed E-state index contributed by atoms with van der Waals surface area (Å²) in [4.78, 5) is 28.8. The SMILES string of the molecule is COc1ccc(CN(C)CN2C(=O)NC3(CCC(C)CC3)C2=O)c(OC)c1OC. The van der Waals surface area contributed by atoms with Gasteiger partial charge in [0, 0.05) is 12.1 Å². The van der Waals surface area contributed by atoms with E-state index >= 15 is 0 Å². The number of benzene rings is 1. The summed E-state index contributed by atoms with van der Waals surface area (Å²) in [7, 11) is 6.57. The van der Waals surface area contributed by atoms with Gasteiger partial charge in [0.05, 0.1) is 28.0 Å². The molecule has 0 bridgehead atoms. The molecular formula is C21H31N3O5. The standard InChI is InChI=1S/C21H31N3O5/c1-14-8-10-21(11-9-14)19(25)24(20(26)22-21)13-23(2)12-15-6-7-16(27-3)18(29-5)17(15)28-4/h6-7,14H,8-13H2,1-5H3,(H,22,26). The van der Waals surface area contributed by atoms with Gasteiger partial charge in [-0.05, 0) is 44.7 Å². The average Bonchev–Trinajstić information content (AvgIpc) is 2.93. The quantitative estimate of drug-likeness (QED) is 0.703. The number of imide groups is 1. The van der Waals surface area contributed by atoms with E-state index in [0.717, 1.165) is 18.4 Å². The molecule has 8 heteroatoms. The molecule has 3 amide bonds. The number of ether oxygens (including phenoxy) is 3. The third-order valence-electron chi connectivity index (χ3n) is 5.98. The molecule has 1 heterocycles. The summed E-state index contributed by atoms with van der Waals surface area (Å²) in [6, 6.07) is 3.40. The summed E-state index contributed by atoms with van der Waals surface area (Å²) >= 11 is 0. The van der Waals surface area contributed by atoms with Gasteiger partial charge in [0.2, 0.25) is 5.75 Å². The van der Waals surface area contributed by atoms with Crippen LogP contribution in [0.2, 0.25) is 0 Å². The lowest BCUT2D eigenvalue weighted by Gasteiger charge is -2.33. The first kappa shape index (κ1) is 21.2. The van der Waals surface area contributed by atoms with Crippen LogP contribution in [0.3, 0.4) is 0 Å². The molecule has 0 atom stereocenters. The van der Waals surface area contributed by atoms with E-state index in [0.29, 0.717) is 42.6 Å². The minimum atomic E-state index is -0.717. The second kappa shape index (κ2) is 8.49. The fraction of sp³-hybridized carbons (Fsp3) is 0.619. The maximum atomic E-state index is 13.0. The molecule has 2 aliphatic rings. The van der Waals surface area contributed by atoms with Crippen LogP contribution in [0.15, 0.2) is 12.1 Å². The van der Waals surface area contributed by atoms with E-state index in [1.165, 1.54) is 4.90 Å². The number of rotatable bonds is 7. The van der Waals surface area contributed by atoms with E-state index < -0.39 is 5.54 Å². The van der Waals surface area contributed by atoms with Gasteiger partial charge >= 0.3 is 6.03 Å². The minimum Gasteiger partial charge on any atom is -0.493 e. The maximum Gasteiger partial charge on any atom is 0.326 e. The average molecular weight is 405 g/mol. The van der Waals surface area contributed by atoms with Crippen LogP contribution in [-0.4, -0.2) is 62.3 Å². The molecule has 29 heavy (non-hydrogen) atoms. The largest absolute Gasteiger partial charge is 0.493 e. The molecule has 1 spiro atoms. The fourth-order valence-electron chi connectivity index (χ4n) is 4.27. The fourth-order valence-corrected chi connectivity index (χ4v) is 4.27. The summed E-state index contributed by atoms with van der Waals surface area (Å²) in [5, 5.41) is 2.96. The van der Waals surface area contributed by atoms with Gasteiger partial charge < -0.3 is 19.5 Å². The van der Waals surface area contributed by atoms with Gasteiger partial charge in [-0.1, -0.05) is 13.0 Å². The number of nitrogens with one attached hydrogen (secondary N) is 1. The molecule has 1 saturated carbocycles. The number of methoxy groups -OCH3 is 3. The van der Waals surface area contributed by atoms with Crippen molar-refractivity contribution in [3.05, 3.63) is 17.7 Å². The second-order valence-electron chi connectivity index (χ2n) is 8.08. The zero-order valence-corrected chi connectivity index (χ0v) is 17.9. The van der Waals surface area contributed by atoms with Crippen molar-refractivity contribution in [2.75, 3.05) is 35.0 Å². The first-order valence-electron chi connectivity index (χ1n) is 9.95. The molecule has 0 unspecified atom stereocenters. The van der Waals surface area contributed by atoms with Crippen LogP contribution < -0.4 is 19.5 Å². The van der Waals surface area contributed by atoms with Crippen LogP contribution in [0.25, 0.3) is 0 Å². The monoisotopic (exact) mass is 405 g/mol. The lowest BCUT2D eigenvalue weighted by molar-refractivity contribution is -0.134. The number of urea groups is 1. The zero-order valence-electron chi connectivity index (χ0n) is 17.9. The predicted molar refractivity (Wildman–Crippen MR) is 108 cm³/mol. The highest BCUT2D eigenvalue weighted by Crippen LogP contribution is 2.40. The molecule has 1 aliphatic carbocycles. The van der Waals surface area contributed by atoms with Gasteiger partial charge in [-0.2, -0.15) is 0 Å². The summed E-state index contributed by atoms with van der Waals surface area (Å²) in [5.74, 6) is 2.17. The van der Waals surface area contributed by atoms with Gasteiger partial charge in [-0.3, -0.25) is 9.69 Å². The first-order valence-corrected chi connectivity index (χ1v) is 9.95. The number of amides is 3. The van der Waals surface area contributed by atoms with Crippen LogP contribution in [0.1, 0.15) is 38.2 Å². The molecule has 1 N–H and O–H groups in total. The van der Waals surface area contributed by atoms with E-state index in [2.05, 4.69) is 12.2 Å². The Labute approximate surface area is 172 Å². The Balaban J connectivity index is 1.72. The van der Waals surface area contributed by atoms with E-state index in [1.807, 2.05) is 24.1 Å². The smallest absolute Gasteiger partial charge is 0.326 e. The maximum absolute atomic E-state index is 13.0. The Bertz CT molecular complexity index is 774. The van der Waals surface area contributed by atoms with Gasteiger partial charge in [0.1, 0.15) is 5.54 Å². The number of nitrogens with zero attached hydrogens (tertiary/aromatic N) is 2. The number of hydrogen-bond donors (Lipinski definition) is 1.